The molecule has 1 aromatic heterocycles. The van der Waals surface area contributed by atoms with Crippen molar-refractivity contribution in [2.45, 2.75) is 15.8 Å². The van der Waals surface area contributed by atoms with E-state index in [0.29, 0.717) is 0 Å². The largest absolute Gasteiger partial charge is 0.325 e. The minimum atomic E-state index is -4.21. The number of halogens is 3. The van der Waals surface area contributed by atoms with Crippen molar-refractivity contribution in [3.05, 3.63) is 18.3 Å². The Labute approximate surface area is 127 Å². The summed E-state index contributed by atoms with van der Waals surface area (Å²) in [5, 5.41) is -0.316. The molecule has 0 fully saturated rings. The number of hydrogen-bond acceptors (Lipinski definition) is 6. The van der Waals surface area contributed by atoms with Crippen LogP contribution in [-0.2, 0) is 19.9 Å². The number of nitrogens with zero attached hydrogens (tertiary/aromatic N) is 1. The second-order valence-electron chi connectivity index (χ2n) is 3.99. The maximum Gasteiger partial charge on any atom is 0.273 e. The van der Waals surface area contributed by atoms with E-state index in [0.717, 1.165) is 24.6 Å². The number of sulfonamides is 1. The summed E-state index contributed by atoms with van der Waals surface area (Å²) in [7, 11) is -7.78. The first-order valence-corrected chi connectivity index (χ1v) is 8.59. The van der Waals surface area contributed by atoms with Crippen LogP contribution < -0.4 is 10.5 Å². The van der Waals surface area contributed by atoms with E-state index in [1.165, 1.54) is 0 Å². The van der Waals surface area contributed by atoms with E-state index in [4.69, 9.17) is 5.73 Å². The predicted octanol–water partition coefficient (Wildman–Crippen LogP) is -0.221. The smallest absolute Gasteiger partial charge is 0.273 e. The molecule has 0 saturated heterocycles. The molecule has 1 heterocycles. The summed E-state index contributed by atoms with van der Waals surface area (Å²) < 4.78 is 73.1. The summed E-state index contributed by atoms with van der Waals surface area (Å²) in [4.78, 5) is 3.04. The third-order valence-electron chi connectivity index (χ3n) is 2.22. The van der Waals surface area contributed by atoms with Crippen LogP contribution in [0.3, 0.4) is 0 Å². The molecule has 21 heavy (non-hydrogen) atoms. The summed E-state index contributed by atoms with van der Waals surface area (Å²) >= 11 is 0. The van der Waals surface area contributed by atoms with Crippen molar-refractivity contribution in [3.8, 4) is 0 Å². The van der Waals surface area contributed by atoms with Crippen molar-refractivity contribution in [1.82, 2.24) is 9.71 Å². The van der Waals surface area contributed by atoms with Gasteiger partial charge < -0.3 is 5.73 Å². The molecule has 1 rings (SSSR count). The Bertz CT molecular complexity index is 677. The first-order valence-electron chi connectivity index (χ1n) is 5.22. The SMILES string of the molecule is CS(=O)(=O)c1ccc(S(=O)(=O)NCC(F)(F)CN)cn1.Cl. The number of pyridine rings is 1. The molecule has 0 radical (unpaired) electrons. The third kappa shape index (κ3) is 5.79. The zero-order valence-electron chi connectivity index (χ0n) is 10.8. The fourth-order valence-corrected chi connectivity index (χ4v) is 2.67. The van der Waals surface area contributed by atoms with Crippen molar-refractivity contribution in [1.29, 1.82) is 0 Å². The van der Waals surface area contributed by atoms with Crippen molar-refractivity contribution >= 4 is 32.3 Å². The molecule has 0 aliphatic rings. The lowest BCUT2D eigenvalue weighted by atomic mass is 10.3. The van der Waals surface area contributed by atoms with Gasteiger partial charge in [-0.3, -0.25) is 0 Å². The highest BCUT2D eigenvalue weighted by molar-refractivity contribution is 7.90. The van der Waals surface area contributed by atoms with E-state index in [1.807, 2.05) is 0 Å². The maximum absolute atomic E-state index is 12.9. The van der Waals surface area contributed by atoms with Crippen molar-refractivity contribution in [2.75, 3.05) is 19.3 Å². The topological polar surface area (TPSA) is 119 Å². The van der Waals surface area contributed by atoms with Crippen LogP contribution in [0.15, 0.2) is 28.3 Å². The van der Waals surface area contributed by atoms with Gasteiger partial charge >= 0.3 is 0 Å². The lowest BCUT2D eigenvalue weighted by Crippen LogP contribution is -2.41. The number of nitrogens with one attached hydrogen (secondary N) is 1. The molecule has 0 aromatic carbocycles. The fraction of sp³-hybridized carbons (Fsp3) is 0.444. The lowest BCUT2D eigenvalue weighted by Gasteiger charge is -2.14. The Morgan fingerprint density at radius 1 is 1.29 bits per heavy atom. The van der Waals surface area contributed by atoms with Crippen LogP contribution in [0.1, 0.15) is 0 Å². The highest BCUT2D eigenvalue weighted by Crippen LogP contribution is 2.14. The Hall–Kier alpha value is -0.880. The molecule has 0 bridgehead atoms. The molecule has 0 unspecified atom stereocenters. The van der Waals surface area contributed by atoms with Gasteiger partial charge in [0.25, 0.3) is 5.92 Å². The Morgan fingerprint density at radius 2 is 1.86 bits per heavy atom. The molecule has 0 aliphatic carbocycles. The first-order chi connectivity index (χ1) is 8.98. The minimum absolute atomic E-state index is 0. The summed E-state index contributed by atoms with van der Waals surface area (Å²) in [6.45, 7) is -2.15. The molecule has 0 spiro atoms. The predicted molar refractivity (Wildman–Crippen MR) is 73.8 cm³/mol. The normalized spacial score (nSPS) is 12.8. The standard InChI is InChI=1S/C9H13F2N3O4S2.ClH/c1-19(15,16)8-3-2-7(4-13-8)20(17,18)14-6-9(10,11)5-12;/h2-4,14H,5-6,12H2,1H3;1H. The Kier molecular flexibility index (Phi) is 6.63. The monoisotopic (exact) mass is 365 g/mol. The number of nitrogens with two attached hydrogens (primary N) is 1. The molecular formula is C9H14ClF2N3O4S2. The fourth-order valence-electron chi connectivity index (χ4n) is 1.10. The van der Waals surface area contributed by atoms with Crippen LogP contribution in [-0.4, -0.2) is 47.1 Å². The molecule has 1 aromatic rings. The Morgan fingerprint density at radius 3 is 2.24 bits per heavy atom. The number of rotatable bonds is 6. The minimum Gasteiger partial charge on any atom is -0.325 e. The summed E-state index contributed by atoms with van der Waals surface area (Å²) in [5.74, 6) is -3.37. The van der Waals surface area contributed by atoms with Gasteiger partial charge in [0.15, 0.2) is 14.9 Å². The first kappa shape index (κ1) is 20.1. The lowest BCUT2D eigenvalue weighted by molar-refractivity contribution is 0.0170. The van der Waals surface area contributed by atoms with Crippen molar-refractivity contribution < 1.29 is 25.6 Å². The van der Waals surface area contributed by atoms with Gasteiger partial charge in [-0.1, -0.05) is 0 Å². The zero-order valence-corrected chi connectivity index (χ0v) is 13.2. The summed E-state index contributed by atoms with van der Waals surface area (Å²) in [5.41, 5.74) is 4.78. The van der Waals surface area contributed by atoms with E-state index in [-0.39, 0.29) is 17.4 Å². The third-order valence-corrected chi connectivity index (χ3v) is 4.61. The zero-order chi connectivity index (χ0) is 15.6. The van der Waals surface area contributed by atoms with Crippen LogP contribution in [0.5, 0.6) is 0 Å². The van der Waals surface area contributed by atoms with Gasteiger partial charge in [0, 0.05) is 12.5 Å². The van der Waals surface area contributed by atoms with Gasteiger partial charge in [-0.2, -0.15) is 0 Å². The summed E-state index contributed by atoms with van der Waals surface area (Å²) in [6.07, 6.45) is 1.68. The van der Waals surface area contributed by atoms with Gasteiger partial charge in [0.2, 0.25) is 10.0 Å². The highest BCUT2D eigenvalue weighted by Gasteiger charge is 2.29. The molecule has 0 saturated carbocycles. The van der Waals surface area contributed by atoms with Crippen molar-refractivity contribution in [2.24, 2.45) is 5.73 Å². The van der Waals surface area contributed by atoms with Crippen LogP contribution in [0.2, 0.25) is 0 Å². The van der Waals surface area contributed by atoms with Crippen LogP contribution in [0, 0.1) is 0 Å². The average Bonchev–Trinajstić information content (AvgIpc) is 2.36. The highest BCUT2D eigenvalue weighted by atomic mass is 35.5. The Balaban J connectivity index is 0.00000400. The molecule has 122 valence electrons. The number of sulfone groups is 1. The van der Waals surface area contributed by atoms with Crippen molar-refractivity contribution in [3.63, 3.8) is 0 Å². The van der Waals surface area contributed by atoms with Gasteiger partial charge in [-0.25, -0.2) is 35.3 Å². The molecule has 3 N–H and O–H groups in total. The van der Waals surface area contributed by atoms with Gasteiger partial charge in [-0.15, -0.1) is 12.4 Å². The van der Waals surface area contributed by atoms with E-state index >= 15 is 0 Å². The molecule has 0 atom stereocenters. The number of aromatic nitrogens is 1. The molecular weight excluding hydrogens is 352 g/mol. The van der Waals surface area contributed by atoms with Gasteiger partial charge in [0.05, 0.1) is 13.1 Å². The summed E-state index contributed by atoms with van der Waals surface area (Å²) in [6, 6.07) is 1.94. The van der Waals surface area contributed by atoms with Gasteiger partial charge in [0.1, 0.15) is 4.90 Å². The van der Waals surface area contributed by atoms with E-state index < -0.39 is 43.8 Å². The van der Waals surface area contributed by atoms with E-state index in [9.17, 15) is 25.6 Å². The van der Waals surface area contributed by atoms with Crippen LogP contribution in [0.25, 0.3) is 0 Å². The van der Waals surface area contributed by atoms with E-state index in [1.54, 1.807) is 4.72 Å². The van der Waals surface area contributed by atoms with Gasteiger partial charge in [-0.05, 0) is 12.1 Å². The molecule has 0 aliphatic heterocycles. The van der Waals surface area contributed by atoms with Crippen LogP contribution >= 0.6 is 12.4 Å². The quantitative estimate of drug-likeness (QED) is 0.719. The van der Waals surface area contributed by atoms with Crippen LogP contribution in [0.4, 0.5) is 8.78 Å². The molecule has 12 heteroatoms. The average molecular weight is 366 g/mol. The second kappa shape index (κ2) is 6.92. The number of hydrogen-bond donors (Lipinski definition) is 2. The molecule has 0 amide bonds. The second-order valence-corrected chi connectivity index (χ2v) is 7.72. The molecule has 7 nitrogen and oxygen atoms in total. The maximum atomic E-state index is 12.9. The number of alkyl halides is 2. The van der Waals surface area contributed by atoms with E-state index in [2.05, 4.69) is 4.98 Å².